The topological polar surface area (TPSA) is 0 Å². The summed E-state index contributed by atoms with van der Waals surface area (Å²) in [6.45, 7) is 0. The van der Waals surface area contributed by atoms with Gasteiger partial charge in [0.05, 0.1) is 0 Å². The second-order valence-corrected chi connectivity index (χ2v) is 29.0. The van der Waals surface area contributed by atoms with E-state index >= 15 is 0 Å². The number of benzene rings is 9. The summed E-state index contributed by atoms with van der Waals surface area (Å²) in [4.78, 5) is 0. The van der Waals surface area contributed by atoms with E-state index in [-0.39, 0.29) is 0 Å². The van der Waals surface area contributed by atoms with E-state index in [0.717, 1.165) is 0 Å². The number of hydrogen-bond donors (Lipinski definition) is 0. The summed E-state index contributed by atoms with van der Waals surface area (Å²) in [6, 6.07) is 98.4. The first-order valence-corrected chi connectivity index (χ1v) is 35.5. The summed E-state index contributed by atoms with van der Waals surface area (Å²) >= 11 is -0.777. The van der Waals surface area contributed by atoms with Gasteiger partial charge in [-0.1, -0.05) is 0 Å². The molecule has 0 aliphatic carbocycles. The summed E-state index contributed by atoms with van der Waals surface area (Å²) < 4.78 is 13.5. The third-order valence-corrected chi connectivity index (χ3v) is 26.8. The molecule has 284 valence electrons. The van der Waals surface area contributed by atoms with Gasteiger partial charge in [0.1, 0.15) is 0 Å². The van der Waals surface area contributed by atoms with Gasteiger partial charge in [-0.05, 0) is 0 Å². The third kappa shape index (κ3) is 13.4. The fourth-order valence-electron chi connectivity index (χ4n) is 6.94. The van der Waals surface area contributed by atoms with E-state index in [1.165, 1.54) is 39.6 Å². The molecular formula is C54H45Ge4I. The minimum atomic E-state index is -1.63. The normalized spacial score (nSPS) is 10.3. The van der Waals surface area contributed by atoms with E-state index in [0.29, 0.717) is 0 Å². The Morgan fingerprint density at radius 1 is 0.169 bits per heavy atom. The number of rotatable bonds is 9. The summed E-state index contributed by atoms with van der Waals surface area (Å²) in [5, 5.41) is 0. The van der Waals surface area contributed by atoms with Crippen LogP contribution in [-0.2, 0) is 0 Å². The Morgan fingerprint density at radius 2 is 0.254 bits per heavy atom. The fourth-order valence-corrected chi connectivity index (χ4v) is 23.2. The van der Waals surface area contributed by atoms with Crippen molar-refractivity contribution in [2.24, 2.45) is 0 Å². The zero-order valence-electron chi connectivity index (χ0n) is 32.9. The summed E-state index contributed by atoms with van der Waals surface area (Å²) in [7, 11) is 0. The second kappa shape index (κ2) is 25.5. The first kappa shape index (κ1) is 44.4. The van der Waals surface area contributed by atoms with Gasteiger partial charge in [-0.2, -0.15) is 0 Å². The van der Waals surface area contributed by atoms with Gasteiger partial charge in [0, 0.05) is 0 Å². The molecule has 0 aliphatic heterocycles. The molecule has 0 spiro atoms. The molecule has 0 saturated carbocycles. The van der Waals surface area contributed by atoms with Crippen LogP contribution in [0.2, 0.25) is 0 Å². The van der Waals surface area contributed by atoms with Crippen LogP contribution >= 0.6 is 20.2 Å². The Hall–Kier alpha value is -4.12. The van der Waals surface area contributed by atoms with Crippen LogP contribution < -0.4 is 39.6 Å². The Morgan fingerprint density at radius 3 is 0.339 bits per heavy atom. The van der Waals surface area contributed by atoms with E-state index in [9.17, 15) is 0 Å². The van der Waals surface area contributed by atoms with Crippen LogP contribution in [0.5, 0.6) is 0 Å². The molecule has 6 radical (unpaired) electrons. The number of hydrogen-bond acceptors (Lipinski definition) is 0. The predicted molar refractivity (Wildman–Crippen MR) is 272 cm³/mol. The molecule has 9 aromatic carbocycles. The maximum absolute atomic E-state index is 2.27. The van der Waals surface area contributed by atoms with E-state index in [4.69, 9.17) is 0 Å². The molecule has 0 atom stereocenters. The van der Waals surface area contributed by atoms with Crippen LogP contribution in [0.1, 0.15) is 0 Å². The van der Waals surface area contributed by atoms with Gasteiger partial charge in [0.2, 0.25) is 0 Å². The van der Waals surface area contributed by atoms with Crippen LogP contribution in [0.15, 0.2) is 273 Å². The van der Waals surface area contributed by atoms with Crippen LogP contribution in [-0.4, -0.2) is 56.3 Å². The molecule has 0 bridgehead atoms. The summed E-state index contributed by atoms with van der Waals surface area (Å²) in [6.07, 6.45) is 0. The molecule has 9 rings (SSSR count). The van der Waals surface area contributed by atoms with Gasteiger partial charge in [-0.25, -0.2) is 0 Å². The van der Waals surface area contributed by atoms with Crippen molar-refractivity contribution in [3.05, 3.63) is 273 Å². The van der Waals surface area contributed by atoms with E-state index < -0.39 is 43.0 Å². The molecule has 0 aromatic heterocycles. The fraction of sp³-hybridized carbons (Fsp3) is 0. The van der Waals surface area contributed by atoms with Crippen molar-refractivity contribution in [1.29, 1.82) is 0 Å². The van der Waals surface area contributed by atoms with Gasteiger partial charge >= 0.3 is 389 Å². The van der Waals surface area contributed by atoms with Crippen molar-refractivity contribution < 1.29 is 0 Å². The standard InChI is InChI=1S/3C18H15Ge.GeI/c3*1-4-10-16(11-5-1)19(17-12-6-2-7-13-17)18-14-8-3-9-15-18;1-2/h3*1-15H;. The maximum atomic E-state index is 2.27. The van der Waals surface area contributed by atoms with Crippen LogP contribution in [0.25, 0.3) is 0 Å². The summed E-state index contributed by atoms with van der Waals surface area (Å²) in [5.41, 5.74) is 0. The minimum absolute atomic E-state index is 1.50. The molecule has 0 aliphatic rings. The second-order valence-electron chi connectivity index (χ2n) is 13.4. The van der Waals surface area contributed by atoms with Crippen LogP contribution in [0.3, 0.4) is 0 Å². The Balaban J connectivity index is 0.000000146. The molecule has 0 fully saturated rings. The first-order valence-electron chi connectivity index (χ1n) is 19.6. The van der Waals surface area contributed by atoms with E-state index in [1.54, 1.807) is 0 Å². The average Bonchev–Trinajstić information content (AvgIpc) is 3.34. The Labute approximate surface area is 385 Å². The molecule has 0 nitrogen and oxygen atoms in total. The Bertz CT molecular complexity index is 1860. The molecule has 59 heavy (non-hydrogen) atoms. The average molecular weight is 1110 g/mol. The number of halogens is 1. The van der Waals surface area contributed by atoms with Gasteiger partial charge in [-0.15, -0.1) is 0 Å². The molecule has 0 N–H and O–H groups in total. The van der Waals surface area contributed by atoms with E-state index in [2.05, 4.69) is 293 Å². The van der Waals surface area contributed by atoms with Crippen molar-refractivity contribution in [3.63, 3.8) is 0 Å². The van der Waals surface area contributed by atoms with Crippen LogP contribution in [0, 0.1) is 0 Å². The molecule has 5 heteroatoms. The van der Waals surface area contributed by atoms with Crippen molar-refractivity contribution in [1.82, 2.24) is 0 Å². The zero-order chi connectivity index (χ0) is 40.7. The first-order chi connectivity index (χ1) is 29.3. The van der Waals surface area contributed by atoms with Crippen molar-refractivity contribution >= 4 is 116 Å². The van der Waals surface area contributed by atoms with E-state index in [1.807, 2.05) is 13.2 Å². The molecule has 0 saturated heterocycles. The van der Waals surface area contributed by atoms with Crippen molar-refractivity contribution in [3.8, 4) is 0 Å². The monoisotopic (exact) mass is 1120 g/mol. The zero-order valence-corrected chi connectivity index (χ0v) is 43.4. The van der Waals surface area contributed by atoms with Crippen molar-refractivity contribution in [2.45, 2.75) is 0 Å². The summed E-state index contributed by atoms with van der Waals surface area (Å²) in [5.74, 6) is 0. The van der Waals surface area contributed by atoms with Crippen LogP contribution in [0.4, 0.5) is 0 Å². The Kier molecular flexibility index (Phi) is 19.2. The SMILES string of the molecule is [Ge][I].c1cc[c]([Ge]([c]2ccccc2)[c]2ccccc2)cc1.c1cc[c]([Ge]([c]2ccccc2)[c]2ccccc2)cc1.c1cc[c]([Ge]([c]2ccccc2)[c]2ccccc2)cc1. The van der Waals surface area contributed by atoms with Gasteiger partial charge in [0.15, 0.2) is 0 Å². The van der Waals surface area contributed by atoms with Crippen molar-refractivity contribution in [2.75, 3.05) is 0 Å². The predicted octanol–water partition coefficient (Wildman–Crippen LogP) is 7.11. The molecular weight excluding hydrogens is 1070 g/mol. The molecule has 0 amide bonds. The third-order valence-electron chi connectivity index (χ3n) is 9.56. The molecule has 0 heterocycles. The van der Waals surface area contributed by atoms with Gasteiger partial charge < -0.3 is 0 Å². The molecule has 9 aromatic rings. The van der Waals surface area contributed by atoms with Gasteiger partial charge in [-0.3, -0.25) is 0 Å². The quantitative estimate of drug-likeness (QED) is 0.107. The van der Waals surface area contributed by atoms with Gasteiger partial charge in [0.25, 0.3) is 0 Å². The molecule has 0 unspecified atom stereocenters.